The van der Waals surface area contributed by atoms with Gasteiger partial charge in [0.25, 0.3) is 0 Å². The molecule has 5 N–H and O–H groups in total. The van der Waals surface area contributed by atoms with Crippen LogP contribution in [0, 0.1) is 0 Å². The summed E-state index contributed by atoms with van der Waals surface area (Å²) in [5.74, 6) is -4.43. The van der Waals surface area contributed by atoms with Gasteiger partial charge in [0.1, 0.15) is 12.1 Å². The molecule has 0 heterocycles. The van der Waals surface area contributed by atoms with E-state index in [1.54, 1.807) is 0 Å². The van der Waals surface area contributed by atoms with E-state index >= 15 is 0 Å². The summed E-state index contributed by atoms with van der Waals surface area (Å²) < 4.78 is 0. The summed E-state index contributed by atoms with van der Waals surface area (Å²) in [6.45, 7) is 0.240. The van der Waals surface area contributed by atoms with E-state index in [0.29, 0.717) is 0 Å². The Kier molecular flexibility index (Phi) is 6.35. The third-order valence-corrected chi connectivity index (χ3v) is 1.87. The van der Waals surface area contributed by atoms with Crippen LogP contribution in [0.2, 0.25) is 0 Å². The van der Waals surface area contributed by atoms with Crippen LogP contribution in [0.4, 0.5) is 0 Å². The maximum atomic E-state index is 11.5. The van der Waals surface area contributed by atoms with Gasteiger partial charge < -0.3 is 26.0 Å². The molecule has 0 rings (SSSR count). The lowest BCUT2D eigenvalue weighted by atomic mass is 10.1. The fraction of sp³-hybridized carbons (Fsp3) is 0.556. The zero-order chi connectivity index (χ0) is 14.3. The van der Waals surface area contributed by atoms with Crippen molar-refractivity contribution < 1.29 is 34.5 Å². The molecular weight excluding hydrogens is 248 g/mol. The smallest absolute Gasteiger partial charge is 0.328 e. The quantitative estimate of drug-likeness (QED) is 0.340. The number of nitrogens with one attached hydrogen (secondary N) is 2. The Balaban J connectivity index is 4.68. The van der Waals surface area contributed by atoms with Gasteiger partial charge in [-0.3, -0.25) is 14.4 Å². The molecular formula is C9H14N2O7. The molecule has 9 heteroatoms. The van der Waals surface area contributed by atoms with E-state index in [2.05, 4.69) is 5.32 Å². The summed E-state index contributed by atoms with van der Waals surface area (Å²) in [6.07, 6.45) is -0.691. The minimum atomic E-state index is -1.55. The Morgan fingerprint density at radius 1 is 1.06 bits per heavy atom. The van der Waals surface area contributed by atoms with Gasteiger partial charge in [-0.25, -0.2) is 4.79 Å². The van der Waals surface area contributed by atoms with Crippen LogP contribution >= 0.6 is 0 Å². The molecule has 0 bridgehead atoms. The van der Waals surface area contributed by atoms with Crippen molar-refractivity contribution in [2.24, 2.45) is 0 Å². The van der Waals surface area contributed by atoms with Crippen LogP contribution in [0.25, 0.3) is 0 Å². The van der Waals surface area contributed by atoms with Gasteiger partial charge in [0, 0.05) is 6.92 Å². The molecule has 18 heavy (non-hydrogen) atoms. The first-order valence-electron chi connectivity index (χ1n) is 4.90. The van der Waals surface area contributed by atoms with E-state index in [9.17, 15) is 19.2 Å². The van der Waals surface area contributed by atoms with Crippen LogP contribution in [0.15, 0.2) is 0 Å². The highest BCUT2D eigenvalue weighted by Gasteiger charge is 2.27. The topological polar surface area (TPSA) is 153 Å². The van der Waals surface area contributed by atoms with Crippen molar-refractivity contribution in [3.8, 4) is 0 Å². The second-order valence-corrected chi connectivity index (χ2v) is 3.43. The van der Waals surface area contributed by atoms with E-state index < -0.39 is 48.9 Å². The van der Waals surface area contributed by atoms with Crippen LogP contribution in [0.1, 0.15) is 13.3 Å². The Bertz CT molecular complexity index is 339. The number of aliphatic carboxylic acids is 2. The number of hydrogen-bond donors (Lipinski definition) is 5. The number of carbonyl (C=O) groups is 4. The van der Waals surface area contributed by atoms with Crippen molar-refractivity contribution in [3.05, 3.63) is 0 Å². The Morgan fingerprint density at radius 3 is 1.94 bits per heavy atom. The molecule has 9 nitrogen and oxygen atoms in total. The summed E-state index contributed by atoms with van der Waals surface area (Å²) in [7, 11) is 0. The van der Waals surface area contributed by atoms with Crippen LogP contribution in [-0.4, -0.2) is 57.8 Å². The molecule has 0 saturated heterocycles. The van der Waals surface area contributed by atoms with Crippen molar-refractivity contribution >= 4 is 23.8 Å². The second-order valence-electron chi connectivity index (χ2n) is 3.43. The molecule has 2 amide bonds. The number of aliphatic hydroxyl groups excluding tert-OH is 1. The van der Waals surface area contributed by atoms with Crippen LogP contribution < -0.4 is 10.6 Å². The molecule has 0 aliphatic heterocycles. The van der Waals surface area contributed by atoms with Gasteiger partial charge in [0.15, 0.2) is 0 Å². The Hall–Kier alpha value is -2.16. The predicted octanol–water partition coefficient (Wildman–Crippen LogP) is -2.47. The third-order valence-electron chi connectivity index (χ3n) is 1.87. The molecule has 0 aliphatic rings. The average molecular weight is 262 g/mol. The van der Waals surface area contributed by atoms with Crippen molar-refractivity contribution in [1.82, 2.24) is 10.6 Å². The number of carbonyl (C=O) groups excluding carboxylic acids is 2. The van der Waals surface area contributed by atoms with Crippen LogP contribution in [-0.2, 0) is 19.2 Å². The second kappa shape index (κ2) is 7.22. The van der Waals surface area contributed by atoms with Crippen molar-refractivity contribution in [1.29, 1.82) is 0 Å². The first-order chi connectivity index (χ1) is 8.27. The average Bonchev–Trinajstić information content (AvgIpc) is 2.22. The number of carboxylic acid groups (broad SMARTS) is 2. The van der Waals surface area contributed by atoms with Gasteiger partial charge in [-0.15, -0.1) is 0 Å². The molecule has 0 aromatic rings. The van der Waals surface area contributed by atoms with Crippen molar-refractivity contribution in [2.75, 3.05) is 6.61 Å². The number of rotatable bonds is 7. The van der Waals surface area contributed by atoms with Crippen LogP contribution in [0.5, 0.6) is 0 Å². The lowest BCUT2D eigenvalue weighted by Gasteiger charge is -2.18. The first-order valence-corrected chi connectivity index (χ1v) is 4.90. The van der Waals surface area contributed by atoms with Crippen LogP contribution in [0.3, 0.4) is 0 Å². The highest BCUT2D eigenvalue weighted by molar-refractivity contribution is 5.92. The molecule has 0 spiro atoms. The minimum Gasteiger partial charge on any atom is -0.481 e. The maximum absolute atomic E-state index is 11.5. The van der Waals surface area contributed by atoms with Gasteiger partial charge in [0.05, 0.1) is 13.0 Å². The van der Waals surface area contributed by atoms with Gasteiger partial charge >= 0.3 is 11.9 Å². The van der Waals surface area contributed by atoms with Gasteiger partial charge in [-0.1, -0.05) is 0 Å². The molecule has 0 unspecified atom stereocenters. The molecule has 2 atom stereocenters. The fourth-order valence-corrected chi connectivity index (χ4v) is 1.09. The van der Waals surface area contributed by atoms with Crippen molar-refractivity contribution in [3.63, 3.8) is 0 Å². The molecule has 0 fully saturated rings. The summed E-state index contributed by atoms with van der Waals surface area (Å²) in [5.41, 5.74) is 0. The van der Waals surface area contributed by atoms with Gasteiger partial charge in [-0.05, 0) is 0 Å². The molecule has 0 saturated carbocycles. The van der Waals surface area contributed by atoms with Gasteiger partial charge in [0.2, 0.25) is 11.8 Å². The summed E-state index contributed by atoms with van der Waals surface area (Å²) in [4.78, 5) is 43.3. The number of amides is 2. The van der Waals surface area contributed by atoms with E-state index in [1.165, 1.54) is 0 Å². The fourth-order valence-electron chi connectivity index (χ4n) is 1.09. The van der Waals surface area contributed by atoms with Crippen molar-refractivity contribution in [2.45, 2.75) is 25.4 Å². The van der Waals surface area contributed by atoms with E-state index in [0.717, 1.165) is 6.92 Å². The number of carboxylic acids is 2. The monoisotopic (exact) mass is 262 g/mol. The molecule has 102 valence electrons. The SMILES string of the molecule is CC(=O)N[C@@H](CC(=O)O)C(=O)N[C@@H](CO)C(=O)O. The van der Waals surface area contributed by atoms with E-state index in [4.69, 9.17) is 15.3 Å². The zero-order valence-corrected chi connectivity index (χ0v) is 9.54. The molecule has 0 radical (unpaired) electrons. The molecule has 0 aromatic heterocycles. The lowest BCUT2D eigenvalue weighted by molar-refractivity contribution is -0.144. The number of hydrogen-bond acceptors (Lipinski definition) is 5. The molecule has 0 aromatic carbocycles. The summed E-state index contributed by atoms with van der Waals surface area (Å²) >= 11 is 0. The Morgan fingerprint density at radius 2 is 1.61 bits per heavy atom. The maximum Gasteiger partial charge on any atom is 0.328 e. The standard InChI is InChI=1S/C9H14N2O7/c1-4(13)10-5(2-7(14)15)8(16)11-6(3-12)9(17)18/h5-6,12H,2-3H2,1H3,(H,10,13)(H,11,16)(H,14,15)(H,17,18)/t5-,6-/m0/s1. The normalized spacial score (nSPS) is 13.2. The summed E-state index contributed by atoms with van der Waals surface area (Å²) in [5, 5.41) is 29.8. The highest BCUT2D eigenvalue weighted by atomic mass is 16.4. The van der Waals surface area contributed by atoms with E-state index in [-0.39, 0.29) is 0 Å². The highest BCUT2D eigenvalue weighted by Crippen LogP contribution is 1.95. The third kappa shape index (κ3) is 5.80. The number of aliphatic hydroxyl groups is 1. The Labute approximate surface area is 102 Å². The van der Waals surface area contributed by atoms with Gasteiger partial charge in [-0.2, -0.15) is 0 Å². The summed E-state index contributed by atoms with van der Waals surface area (Å²) in [6, 6.07) is -2.95. The molecule has 0 aliphatic carbocycles. The van der Waals surface area contributed by atoms with E-state index in [1.807, 2.05) is 5.32 Å². The first kappa shape index (κ1) is 15.8. The zero-order valence-electron chi connectivity index (χ0n) is 9.54. The largest absolute Gasteiger partial charge is 0.481 e. The minimum absolute atomic E-state index is 0.632. The predicted molar refractivity (Wildman–Crippen MR) is 56.5 cm³/mol. The lowest BCUT2D eigenvalue weighted by Crippen LogP contribution is -2.53.